The Hall–Kier alpha value is -2.66. The minimum atomic E-state index is -0.0212. The average molecular weight is 437 g/mol. The molecule has 0 saturated heterocycles. The lowest BCUT2D eigenvalue weighted by atomic mass is 9.99. The standard InChI is InChI=1S/C27H36N2O3/c1-20-18-23(12-15-26(20)27(31)28-16-6-7-17-32-3)19-22-10-13-25(14-11-22)29(21(2)30)24-8-4-5-9-24/h10-15,18,24H,4-9,16-17,19H2,1-3H3,(H,28,31). The summed E-state index contributed by atoms with van der Waals surface area (Å²) in [7, 11) is 1.69. The predicted molar refractivity (Wildman–Crippen MR) is 129 cm³/mol. The highest BCUT2D eigenvalue weighted by molar-refractivity contribution is 5.95. The summed E-state index contributed by atoms with van der Waals surface area (Å²) in [6.45, 7) is 5.02. The van der Waals surface area contributed by atoms with E-state index in [1.54, 1.807) is 14.0 Å². The molecule has 0 atom stereocenters. The van der Waals surface area contributed by atoms with Gasteiger partial charge in [0.05, 0.1) is 0 Å². The van der Waals surface area contributed by atoms with Crippen molar-refractivity contribution in [3.05, 3.63) is 64.7 Å². The van der Waals surface area contributed by atoms with E-state index in [9.17, 15) is 9.59 Å². The molecule has 1 N–H and O–H groups in total. The Morgan fingerprint density at radius 2 is 1.72 bits per heavy atom. The van der Waals surface area contributed by atoms with Gasteiger partial charge in [0.2, 0.25) is 5.91 Å². The van der Waals surface area contributed by atoms with E-state index in [4.69, 9.17) is 4.74 Å². The molecule has 0 aromatic heterocycles. The molecule has 0 aliphatic heterocycles. The highest BCUT2D eigenvalue weighted by Gasteiger charge is 2.25. The molecule has 3 rings (SSSR count). The number of nitrogens with one attached hydrogen (secondary N) is 1. The van der Waals surface area contributed by atoms with Crippen LogP contribution in [0.15, 0.2) is 42.5 Å². The number of benzene rings is 2. The fraction of sp³-hybridized carbons (Fsp3) is 0.481. The molecule has 0 spiro atoms. The van der Waals surface area contributed by atoms with Gasteiger partial charge in [-0.25, -0.2) is 0 Å². The molecular formula is C27H36N2O3. The van der Waals surface area contributed by atoms with Gasteiger partial charge in [-0.15, -0.1) is 0 Å². The van der Waals surface area contributed by atoms with Crippen LogP contribution in [0.1, 0.15) is 72.5 Å². The van der Waals surface area contributed by atoms with Crippen LogP contribution >= 0.6 is 0 Å². The molecule has 0 bridgehead atoms. The highest BCUT2D eigenvalue weighted by Crippen LogP contribution is 2.29. The maximum Gasteiger partial charge on any atom is 0.251 e. The van der Waals surface area contributed by atoms with Crippen molar-refractivity contribution in [2.75, 3.05) is 25.2 Å². The summed E-state index contributed by atoms with van der Waals surface area (Å²) in [5, 5.41) is 2.99. The Morgan fingerprint density at radius 3 is 2.34 bits per heavy atom. The van der Waals surface area contributed by atoms with Crippen LogP contribution in [-0.4, -0.2) is 38.1 Å². The lowest BCUT2D eigenvalue weighted by Crippen LogP contribution is -2.37. The van der Waals surface area contributed by atoms with Gasteiger partial charge in [0.25, 0.3) is 5.91 Å². The minimum absolute atomic E-state index is 0.0212. The van der Waals surface area contributed by atoms with Gasteiger partial charge in [-0.05, 0) is 73.9 Å². The third kappa shape index (κ3) is 6.42. The lowest BCUT2D eigenvalue weighted by molar-refractivity contribution is -0.117. The van der Waals surface area contributed by atoms with E-state index in [0.29, 0.717) is 12.6 Å². The van der Waals surface area contributed by atoms with Crippen LogP contribution in [0.2, 0.25) is 0 Å². The summed E-state index contributed by atoms with van der Waals surface area (Å²) in [5.74, 6) is 0.0971. The summed E-state index contributed by atoms with van der Waals surface area (Å²) < 4.78 is 5.04. The van der Waals surface area contributed by atoms with Crippen LogP contribution in [-0.2, 0) is 16.0 Å². The van der Waals surface area contributed by atoms with Crippen molar-refractivity contribution in [2.45, 2.75) is 64.8 Å². The maximum atomic E-state index is 12.5. The number of anilines is 1. The summed E-state index contributed by atoms with van der Waals surface area (Å²) in [6.07, 6.45) is 7.24. The molecule has 2 aromatic carbocycles. The SMILES string of the molecule is COCCCCNC(=O)c1ccc(Cc2ccc(N(C(C)=O)C3CCCC3)cc2)cc1C. The summed E-state index contributed by atoms with van der Waals surface area (Å²) in [6, 6.07) is 14.7. The molecule has 2 aromatic rings. The van der Waals surface area contributed by atoms with Gasteiger partial charge < -0.3 is 15.0 Å². The van der Waals surface area contributed by atoms with E-state index in [1.165, 1.54) is 24.0 Å². The average Bonchev–Trinajstić information content (AvgIpc) is 3.29. The van der Waals surface area contributed by atoms with Crippen LogP contribution in [0, 0.1) is 6.92 Å². The van der Waals surface area contributed by atoms with Crippen molar-refractivity contribution in [2.24, 2.45) is 0 Å². The lowest BCUT2D eigenvalue weighted by Gasteiger charge is -2.28. The number of hydrogen-bond donors (Lipinski definition) is 1. The second-order valence-corrected chi connectivity index (χ2v) is 8.78. The molecule has 1 fully saturated rings. The predicted octanol–water partition coefficient (Wildman–Crippen LogP) is 5.04. The molecule has 0 radical (unpaired) electrons. The Kier molecular flexibility index (Phi) is 8.86. The number of unbranched alkanes of at least 4 members (excludes halogenated alkanes) is 1. The van der Waals surface area contributed by atoms with Crippen molar-refractivity contribution >= 4 is 17.5 Å². The van der Waals surface area contributed by atoms with Gasteiger partial charge >= 0.3 is 0 Å². The van der Waals surface area contributed by atoms with Gasteiger partial charge in [0, 0.05) is 44.5 Å². The van der Waals surface area contributed by atoms with Crippen molar-refractivity contribution in [1.29, 1.82) is 0 Å². The number of nitrogens with zero attached hydrogens (tertiary/aromatic N) is 1. The van der Waals surface area contributed by atoms with Gasteiger partial charge in [0.15, 0.2) is 0 Å². The fourth-order valence-corrected chi connectivity index (χ4v) is 4.58. The van der Waals surface area contributed by atoms with E-state index >= 15 is 0 Å². The number of carbonyl (C=O) groups excluding carboxylic acids is 2. The van der Waals surface area contributed by atoms with Crippen LogP contribution in [0.5, 0.6) is 0 Å². The van der Waals surface area contributed by atoms with Gasteiger partial charge in [0.1, 0.15) is 0 Å². The smallest absolute Gasteiger partial charge is 0.251 e. The molecule has 32 heavy (non-hydrogen) atoms. The summed E-state index contributed by atoms with van der Waals surface area (Å²) in [4.78, 5) is 26.7. The summed E-state index contributed by atoms with van der Waals surface area (Å²) >= 11 is 0. The number of aryl methyl sites for hydroxylation is 1. The maximum absolute atomic E-state index is 12.5. The summed E-state index contributed by atoms with van der Waals surface area (Å²) in [5.41, 5.74) is 5.06. The molecule has 5 heteroatoms. The van der Waals surface area contributed by atoms with E-state index in [0.717, 1.165) is 55.5 Å². The first-order chi connectivity index (χ1) is 15.5. The van der Waals surface area contributed by atoms with E-state index in [1.807, 2.05) is 24.0 Å². The zero-order chi connectivity index (χ0) is 22.9. The molecular weight excluding hydrogens is 400 g/mol. The Balaban J connectivity index is 1.60. The highest BCUT2D eigenvalue weighted by atomic mass is 16.5. The Morgan fingerprint density at radius 1 is 1.03 bits per heavy atom. The molecule has 1 aliphatic rings. The molecule has 0 unspecified atom stereocenters. The quantitative estimate of drug-likeness (QED) is 0.531. The third-order valence-corrected chi connectivity index (χ3v) is 6.25. The van der Waals surface area contributed by atoms with Crippen molar-refractivity contribution < 1.29 is 14.3 Å². The number of amides is 2. The molecule has 5 nitrogen and oxygen atoms in total. The van der Waals surface area contributed by atoms with Crippen molar-refractivity contribution in [3.8, 4) is 0 Å². The van der Waals surface area contributed by atoms with Crippen LogP contribution in [0.4, 0.5) is 5.69 Å². The van der Waals surface area contributed by atoms with E-state index < -0.39 is 0 Å². The van der Waals surface area contributed by atoms with Gasteiger partial charge in [-0.2, -0.15) is 0 Å². The van der Waals surface area contributed by atoms with Gasteiger partial charge in [-0.1, -0.05) is 37.1 Å². The zero-order valence-corrected chi connectivity index (χ0v) is 19.7. The third-order valence-electron chi connectivity index (χ3n) is 6.25. The van der Waals surface area contributed by atoms with Crippen molar-refractivity contribution in [3.63, 3.8) is 0 Å². The first kappa shape index (κ1) is 24.0. The van der Waals surface area contributed by atoms with Crippen LogP contribution in [0.3, 0.4) is 0 Å². The zero-order valence-electron chi connectivity index (χ0n) is 19.7. The number of hydrogen-bond acceptors (Lipinski definition) is 3. The molecule has 1 saturated carbocycles. The van der Waals surface area contributed by atoms with Crippen LogP contribution < -0.4 is 10.2 Å². The van der Waals surface area contributed by atoms with E-state index in [2.05, 4.69) is 35.6 Å². The molecule has 172 valence electrons. The number of ether oxygens (including phenoxy) is 1. The van der Waals surface area contributed by atoms with E-state index in [-0.39, 0.29) is 11.8 Å². The number of rotatable bonds is 10. The van der Waals surface area contributed by atoms with Crippen molar-refractivity contribution in [1.82, 2.24) is 5.32 Å². The molecule has 1 aliphatic carbocycles. The van der Waals surface area contributed by atoms with Gasteiger partial charge in [-0.3, -0.25) is 9.59 Å². The molecule has 2 amide bonds. The normalized spacial score (nSPS) is 13.8. The second kappa shape index (κ2) is 11.8. The Labute approximate surface area is 192 Å². The van der Waals surface area contributed by atoms with Crippen LogP contribution in [0.25, 0.3) is 0 Å². The fourth-order valence-electron chi connectivity index (χ4n) is 4.58. The largest absolute Gasteiger partial charge is 0.385 e. The first-order valence-electron chi connectivity index (χ1n) is 11.7. The number of carbonyl (C=O) groups is 2. The first-order valence-corrected chi connectivity index (χ1v) is 11.7. The minimum Gasteiger partial charge on any atom is -0.385 e. The molecule has 0 heterocycles. The monoisotopic (exact) mass is 436 g/mol. The topological polar surface area (TPSA) is 58.6 Å². The Bertz CT molecular complexity index is 902. The number of methoxy groups -OCH3 is 1. The second-order valence-electron chi connectivity index (χ2n) is 8.78.